The van der Waals surface area contributed by atoms with Crippen LogP contribution in [-0.2, 0) is 11.3 Å². The molecule has 0 unspecified atom stereocenters. The van der Waals surface area contributed by atoms with Gasteiger partial charge >= 0.3 is 12.6 Å². The molecule has 1 aliphatic rings. The van der Waals surface area contributed by atoms with Crippen molar-refractivity contribution in [2.45, 2.75) is 52.4 Å². The van der Waals surface area contributed by atoms with Gasteiger partial charge in [-0.2, -0.15) is 8.78 Å². The maximum atomic E-state index is 12.4. The van der Waals surface area contributed by atoms with Crippen LogP contribution in [0.4, 0.5) is 8.78 Å². The summed E-state index contributed by atoms with van der Waals surface area (Å²) in [5.41, 5.74) is -0.428. The van der Waals surface area contributed by atoms with E-state index in [4.69, 9.17) is 0 Å². The first-order chi connectivity index (χ1) is 12.2. The third-order valence-corrected chi connectivity index (χ3v) is 4.99. The lowest BCUT2D eigenvalue weighted by atomic mass is 9.72. The summed E-state index contributed by atoms with van der Waals surface area (Å²) in [4.78, 5) is 13.9. The number of carboxylic acids is 1. The first kappa shape index (κ1) is 20.6. The van der Waals surface area contributed by atoms with Gasteiger partial charge in [-0.3, -0.25) is 9.69 Å². The van der Waals surface area contributed by atoms with Gasteiger partial charge in [0.25, 0.3) is 0 Å². The summed E-state index contributed by atoms with van der Waals surface area (Å²) in [7, 11) is 0. The fourth-order valence-corrected chi connectivity index (χ4v) is 3.49. The van der Waals surface area contributed by atoms with Crippen molar-refractivity contribution in [2.75, 3.05) is 13.1 Å². The van der Waals surface area contributed by atoms with Gasteiger partial charge in [-0.1, -0.05) is 26.0 Å². The summed E-state index contributed by atoms with van der Waals surface area (Å²) >= 11 is 0. The Morgan fingerprint density at radius 1 is 1.42 bits per heavy atom. The maximum absolute atomic E-state index is 12.4. The van der Waals surface area contributed by atoms with Crippen molar-refractivity contribution in [3.63, 3.8) is 0 Å². The number of likely N-dealkylation sites (tertiary alicyclic amines) is 1. The molecule has 1 fully saturated rings. The summed E-state index contributed by atoms with van der Waals surface area (Å²) in [6.45, 7) is 2.37. The van der Waals surface area contributed by atoms with Gasteiger partial charge in [-0.15, -0.1) is 0 Å². The normalized spacial score (nSPS) is 24.2. The van der Waals surface area contributed by atoms with Gasteiger partial charge in [0, 0.05) is 19.6 Å². The number of carbonyl (C=O) groups is 1. The molecule has 5 nitrogen and oxygen atoms in total. The minimum Gasteiger partial charge on any atom is -0.481 e. The van der Waals surface area contributed by atoms with Crippen LogP contribution < -0.4 is 4.74 Å². The molecule has 7 heteroatoms. The largest absolute Gasteiger partial charge is 0.481 e. The molecule has 146 valence electrons. The Kier molecular flexibility index (Phi) is 6.94. The Labute approximate surface area is 152 Å². The van der Waals surface area contributed by atoms with Crippen LogP contribution in [0.5, 0.6) is 5.75 Å². The number of nitrogens with zero attached hydrogens (tertiary/aromatic N) is 1. The van der Waals surface area contributed by atoms with Crippen LogP contribution in [-0.4, -0.2) is 46.9 Å². The Balaban J connectivity index is 2.12. The van der Waals surface area contributed by atoms with Gasteiger partial charge in [0.1, 0.15) is 11.2 Å². The van der Waals surface area contributed by atoms with Gasteiger partial charge in [-0.25, -0.2) is 0 Å². The first-order valence-corrected chi connectivity index (χ1v) is 8.90. The zero-order valence-electron chi connectivity index (χ0n) is 15.2. The molecule has 0 bridgehead atoms. The molecule has 1 heterocycles. The highest BCUT2D eigenvalue weighted by Gasteiger charge is 2.48. The summed E-state index contributed by atoms with van der Waals surface area (Å²) in [6.07, 6.45) is 0.613. The van der Waals surface area contributed by atoms with E-state index in [1.54, 1.807) is 12.1 Å². The Hall–Kier alpha value is -1.73. The number of aliphatic hydroxyl groups is 1. The van der Waals surface area contributed by atoms with Crippen LogP contribution in [0, 0.1) is 11.3 Å². The molecular weight excluding hydrogens is 344 g/mol. The molecule has 1 aromatic rings. The average Bonchev–Trinajstić information content (AvgIpc) is 2.55. The molecule has 0 radical (unpaired) electrons. The quantitative estimate of drug-likeness (QED) is 0.733. The fourth-order valence-electron chi connectivity index (χ4n) is 3.49. The van der Waals surface area contributed by atoms with Crippen LogP contribution in [0.2, 0.25) is 0 Å². The maximum Gasteiger partial charge on any atom is 0.387 e. The van der Waals surface area contributed by atoms with E-state index >= 15 is 0 Å². The minimum atomic E-state index is -2.88. The minimum absolute atomic E-state index is 0.0823. The molecule has 0 spiro atoms. The molecule has 1 aliphatic heterocycles. The number of piperidine rings is 1. The lowest BCUT2D eigenvalue weighted by Gasteiger charge is -2.43. The second-order valence-corrected chi connectivity index (χ2v) is 7.43. The summed E-state index contributed by atoms with van der Waals surface area (Å²) < 4.78 is 29.2. The SMILES string of the molecule is CC(C)CC[C@@]1(C(=O)O)CN(Cc2cccc(OC(F)F)c2)CC[C@H]1O. The molecule has 2 atom stereocenters. The fraction of sp³-hybridized carbons (Fsp3) is 0.632. The Morgan fingerprint density at radius 2 is 2.15 bits per heavy atom. The summed E-state index contributed by atoms with van der Waals surface area (Å²) in [6, 6.07) is 6.42. The number of hydrogen-bond acceptors (Lipinski definition) is 4. The molecule has 2 N–H and O–H groups in total. The van der Waals surface area contributed by atoms with E-state index in [0.29, 0.717) is 31.8 Å². The van der Waals surface area contributed by atoms with Crippen molar-refractivity contribution < 1.29 is 28.5 Å². The Morgan fingerprint density at radius 3 is 2.77 bits per heavy atom. The lowest BCUT2D eigenvalue weighted by molar-refractivity contribution is -0.165. The number of ether oxygens (including phenoxy) is 1. The van der Waals surface area contributed by atoms with Gasteiger partial charge in [-0.05, 0) is 42.9 Å². The Bertz CT molecular complexity index is 611. The lowest BCUT2D eigenvalue weighted by Crippen LogP contribution is -2.55. The van der Waals surface area contributed by atoms with Crippen LogP contribution >= 0.6 is 0 Å². The van der Waals surface area contributed by atoms with E-state index in [9.17, 15) is 23.8 Å². The van der Waals surface area contributed by atoms with Crippen molar-refractivity contribution >= 4 is 5.97 Å². The van der Waals surface area contributed by atoms with Crippen LogP contribution in [0.25, 0.3) is 0 Å². The summed E-state index contributed by atoms with van der Waals surface area (Å²) in [5, 5.41) is 20.2. The van der Waals surface area contributed by atoms with Gasteiger partial charge < -0.3 is 14.9 Å². The molecule has 2 rings (SSSR count). The molecular formula is C19H27F2NO4. The van der Waals surface area contributed by atoms with E-state index in [0.717, 1.165) is 12.0 Å². The first-order valence-electron chi connectivity index (χ1n) is 8.90. The zero-order valence-corrected chi connectivity index (χ0v) is 15.2. The number of carboxylic acid groups (broad SMARTS) is 1. The van der Waals surface area contributed by atoms with E-state index in [1.165, 1.54) is 12.1 Å². The number of aliphatic hydroxyl groups excluding tert-OH is 1. The number of benzene rings is 1. The summed E-state index contributed by atoms with van der Waals surface area (Å²) in [5.74, 6) is -0.555. The van der Waals surface area contributed by atoms with Gasteiger partial charge in [0.05, 0.1) is 6.10 Å². The van der Waals surface area contributed by atoms with Crippen molar-refractivity contribution in [1.82, 2.24) is 4.90 Å². The van der Waals surface area contributed by atoms with Crippen molar-refractivity contribution in [3.05, 3.63) is 29.8 Å². The predicted octanol–water partition coefficient (Wildman–Crippen LogP) is 3.36. The predicted molar refractivity (Wildman–Crippen MR) is 93.1 cm³/mol. The molecule has 0 aromatic heterocycles. The third kappa shape index (κ3) is 5.14. The zero-order chi connectivity index (χ0) is 19.3. The number of aliphatic carboxylic acids is 1. The standard InChI is InChI=1S/C19H27F2NO4/c1-13(2)6-8-19(17(24)25)12-22(9-7-16(19)23)11-14-4-3-5-15(10-14)26-18(20)21/h3-5,10,13,16,18,23H,6-9,11-12H2,1-2H3,(H,24,25)/t16-,19-/m1/s1. The van der Waals surface area contributed by atoms with Crippen molar-refractivity contribution in [1.29, 1.82) is 0 Å². The second kappa shape index (κ2) is 8.77. The topological polar surface area (TPSA) is 70.0 Å². The molecule has 0 saturated carbocycles. The van der Waals surface area contributed by atoms with E-state index in [-0.39, 0.29) is 12.3 Å². The number of halogens is 2. The molecule has 26 heavy (non-hydrogen) atoms. The van der Waals surface area contributed by atoms with E-state index < -0.39 is 24.1 Å². The van der Waals surface area contributed by atoms with Gasteiger partial charge in [0.15, 0.2) is 0 Å². The van der Waals surface area contributed by atoms with Crippen LogP contribution in [0.3, 0.4) is 0 Å². The monoisotopic (exact) mass is 371 g/mol. The van der Waals surface area contributed by atoms with Gasteiger partial charge in [0.2, 0.25) is 0 Å². The molecule has 1 saturated heterocycles. The number of rotatable bonds is 8. The van der Waals surface area contributed by atoms with Crippen LogP contribution in [0.15, 0.2) is 24.3 Å². The number of hydrogen-bond donors (Lipinski definition) is 2. The third-order valence-electron chi connectivity index (χ3n) is 4.99. The van der Waals surface area contributed by atoms with Crippen molar-refractivity contribution in [2.24, 2.45) is 11.3 Å². The van der Waals surface area contributed by atoms with Crippen LogP contribution in [0.1, 0.15) is 38.7 Å². The highest BCUT2D eigenvalue weighted by Crippen LogP contribution is 2.37. The van der Waals surface area contributed by atoms with Crippen molar-refractivity contribution in [3.8, 4) is 5.75 Å². The smallest absolute Gasteiger partial charge is 0.387 e. The average molecular weight is 371 g/mol. The van der Waals surface area contributed by atoms with E-state index in [2.05, 4.69) is 4.74 Å². The molecule has 0 amide bonds. The molecule has 0 aliphatic carbocycles. The number of alkyl halides is 2. The second-order valence-electron chi connectivity index (χ2n) is 7.43. The highest BCUT2D eigenvalue weighted by molar-refractivity contribution is 5.76. The van der Waals surface area contributed by atoms with E-state index in [1.807, 2.05) is 18.7 Å². The molecule has 1 aromatic carbocycles. The highest BCUT2D eigenvalue weighted by atomic mass is 19.3.